The van der Waals surface area contributed by atoms with Crippen LogP contribution in [0.3, 0.4) is 0 Å². The van der Waals surface area contributed by atoms with Crippen molar-refractivity contribution in [1.29, 1.82) is 0 Å². The molecule has 4 bridgehead atoms. The van der Waals surface area contributed by atoms with Crippen molar-refractivity contribution in [3.8, 4) is 0 Å². The van der Waals surface area contributed by atoms with Crippen molar-refractivity contribution in [2.24, 2.45) is 23.2 Å². The minimum atomic E-state index is -0.237. The van der Waals surface area contributed by atoms with Gasteiger partial charge in [0, 0.05) is 5.92 Å². The largest absolute Gasteiger partial charge is 0.469 e. The van der Waals surface area contributed by atoms with E-state index in [2.05, 4.69) is 0 Å². The van der Waals surface area contributed by atoms with Crippen LogP contribution in [0.5, 0.6) is 0 Å². The molecule has 0 aromatic rings. The highest BCUT2D eigenvalue weighted by molar-refractivity contribution is 5.83. The van der Waals surface area contributed by atoms with Crippen LogP contribution in [0.15, 0.2) is 0 Å². The van der Waals surface area contributed by atoms with E-state index < -0.39 is 0 Å². The van der Waals surface area contributed by atoms with Gasteiger partial charge >= 0.3 is 5.97 Å². The van der Waals surface area contributed by atoms with E-state index in [1.165, 1.54) is 7.11 Å². The number of carbonyl (C=O) groups is 1. The molecular formula is C9H12O3. The number of esters is 1. The summed E-state index contributed by atoms with van der Waals surface area (Å²) in [6.45, 7) is 0. The van der Waals surface area contributed by atoms with Gasteiger partial charge in [0.05, 0.1) is 18.6 Å². The number of aliphatic hydroxyl groups is 1. The Kier molecular flexibility index (Phi) is 0.971. The molecule has 2 unspecified atom stereocenters. The molecule has 12 heavy (non-hydrogen) atoms. The first-order valence-corrected chi connectivity index (χ1v) is 4.48. The van der Waals surface area contributed by atoms with Crippen LogP contribution in [0.2, 0.25) is 0 Å². The summed E-state index contributed by atoms with van der Waals surface area (Å²) in [5.41, 5.74) is -0.237. The Balaban J connectivity index is 1.96. The highest BCUT2D eigenvalue weighted by Gasteiger charge is 2.82. The van der Waals surface area contributed by atoms with E-state index in [1.54, 1.807) is 0 Å². The Morgan fingerprint density at radius 1 is 1.67 bits per heavy atom. The standard InChI is InChI=1S/C9H12O3/c1-12-8(11)9-3-4-2-5(9)6(9)7(4)10/h4-7,10H,2-3H2,1H3/t4-,5?,6?,7-,9+/m1/s1. The van der Waals surface area contributed by atoms with E-state index in [1.807, 2.05) is 0 Å². The van der Waals surface area contributed by atoms with Crippen molar-refractivity contribution >= 4 is 5.97 Å². The molecule has 4 aliphatic carbocycles. The van der Waals surface area contributed by atoms with Gasteiger partial charge in [-0.3, -0.25) is 4.79 Å². The Bertz CT molecular complexity index is 262. The summed E-state index contributed by atoms with van der Waals surface area (Å²) >= 11 is 0. The van der Waals surface area contributed by atoms with Gasteiger partial charge in [0.25, 0.3) is 0 Å². The molecule has 0 aromatic heterocycles. The summed E-state index contributed by atoms with van der Waals surface area (Å²) in [5.74, 6) is 0.996. The van der Waals surface area contributed by atoms with Crippen LogP contribution in [0, 0.1) is 23.2 Å². The van der Waals surface area contributed by atoms with Crippen LogP contribution in [0.4, 0.5) is 0 Å². The molecule has 0 spiro atoms. The van der Waals surface area contributed by atoms with Crippen LogP contribution in [0.25, 0.3) is 0 Å². The van der Waals surface area contributed by atoms with Gasteiger partial charge in [0.2, 0.25) is 0 Å². The van der Waals surface area contributed by atoms with Crippen molar-refractivity contribution in [2.75, 3.05) is 7.11 Å². The third-order valence-corrected chi connectivity index (χ3v) is 4.15. The summed E-state index contributed by atoms with van der Waals surface area (Å²) in [6.07, 6.45) is 1.70. The predicted octanol–water partition coefficient (Wildman–Crippen LogP) is 0.176. The SMILES string of the molecule is COC(=O)[C@@]12C[C@H]3CC1C2[C@@H]3O. The summed E-state index contributed by atoms with van der Waals surface area (Å²) < 4.78 is 4.77. The van der Waals surface area contributed by atoms with Crippen molar-refractivity contribution in [3.63, 3.8) is 0 Å². The molecule has 4 saturated carbocycles. The highest BCUT2D eigenvalue weighted by Crippen LogP contribution is 2.79. The first kappa shape index (κ1) is 6.89. The number of hydrogen-bond acceptors (Lipinski definition) is 3. The number of methoxy groups -OCH3 is 1. The van der Waals surface area contributed by atoms with E-state index in [0.29, 0.717) is 11.8 Å². The third-order valence-electron chi connectivity index (χ3n) is 4.15. The lowest BCUT2D eigenvalue weighted by molar-refractivity contribution is -0.147. The Morgan fingerprint density at radius 3 is 2.75 bits per heavy atom. The van der Waals surface area contributed by atoms with Gasteiger partial charge in [0.15, 0.2) is 0 Å². The topological polar surface area (TPSA) is 46.5 Å². The van der Waals surface area contributed by atoms with E-state index in [0.717, 1.165) is 12.8 Å². The van der Waals surface area contributed by atoms with Gasteiger partial charge in [-0.1, -0.05) is 0 Å². The Hall–Kier alpha value is -0.570. The van der Waals surface area contributed by atoms with Gasteiger partial charge in [-0.2, -0.15) is 0 Å². The Labute approximate surface area is 70.7 Å². The smallest absolute Gasteiger partial charge is 0.312 e. The molecule has 0 aliphatic heterocycles. The van der Waals surface area contributed by atoms with Crippen LogP contribution >= 0.6 is 0 Å². The van der Waals surface area contributed by atoms with Crippen molar-refractivity contribution in [3.05, 3.63) is 0 Å². The third kappa shape index (κ3) is 0.454. The summed E-state index contributed by atoms with van der Waals surface area (Å²) in [4.78, 5) is 11.4. The number of ether oxygens (including phenoxy) is 1. The second-order valence-corrected chi connectivity index (χ2v) is 4.35. The second kappa shape index (κ2) is 1.69. The van der Waals surface area contributed by atoms with E-state index >= 15 is 0 Å². The van der Waals surface area contributed by atoms with Gasteiger partial charge in [-0.05, 0) is 24.7 Å². The van der Waals surface area contributed by atoms with Crippen molar-refractivity contribution in [2.45, 2.75) is 18.9 Å². The number of carbonyl (C=O) groups excluding carboxylic acids is 1. The fourth-order valence-corrected chi connectivity index (χ4v) is 3.70. The Morgan fingerprint density at radius 2 is 2.42 bits per heavy atom. The molecule has 1 N–H and O–H groups in total. The fourth-order valence-electron chi connectivity index (χ4n) is 3.70. The van der Waals surface area contributed by atoms with Gasteiger partial charge in [-0.25, -0.2) is 0 Å². The molecule has 66 valence electrons. The maximum Gasteiger partial charge on any atom is 0.312 e. The monoisotopic (exact) mass is 168 g/mol. The summed E-state index contributed by atoms with van der Waals surface area (Å²) in [6, 6.07) is 0. The van der Waals surface area contributed by atoms with Gasteiger partial charge < -0.3 is 9.84 Å². The van der Waals surface area contributed by atoms with Crippen molar-refractivity contribution < 1.29 is 14.6 Å². The molecule has 0 amide bonds. The van der Waals surface area contributed by atoms with E-state index in [-0.39, 0.29) is 23.4 Å². The zero-order valence-corrected chi connectivity index (χ0v) is 6.99. The molecule has 3 heteroatoms. The zero-order chi connectivity index (χ0) is 8.51. The lowest BCUT2D eigenvalue weighted by Gasteiger charge is -2.06. The molecule has 4 rings (SSSR count). The lowest BCUT2D eigenvalue weighted by Crippen LogP contribution is -2.18. The maximum absolute atomic E-state index is 11.4. The molecule has 0 saturated heterocycles. The summed E-state index contributed by atoms with van der Waals surface area (Å²) in [5, 5.41) is 9.65. The molecule has 4 fully saturated rings. The quantitative estimate of drug-likeness (QED) is 0.568. The second-order valence-electron chi connectivity index (χ2n) is 4.35. The highest BCUT2D eigenvalue weighted by atomic mass is 16.5. The maximum atomic E-state index is 11.4. The molecular weight excluding hydrogens is 156 g/mol. The molecule has 4 aliphatic rings. The van der Waals surface area contributed by atoms with Crippen LogP contribution in [0.1, 0.15) is 12.8 Å². The molecule has 0 radical (unpaired) electrons. The summed E-state index contributed by atoms with van der Waals surface area (Å²) in [7, 11) is 1.44. The minimum absolute atomic E-state index is 0.0865. The minimum Gasteiger partial charge on any atom is -0.469 e. The average molecular weight is 168 g/mol. The van der Waals surface area contributed by atoms with E-state index in [9.17, 15) is 9.90 Å². The number of hydrogen-bond donors (Lipinski definition) is 1. The molecule has 3 nitrogen and oxygen atoms in total. The van der Waals surface area contributed by atoms with Gasteiger partial charge in [-0.15, -0.1) is 0 Å². The fraction of sp³-hybridized carbons (Fsp3) is 0.889. The lowest BCUT2D eigenvalue weighted by atomic mass is 10.1. The first-order chi connectivity index (χ1) is 5.71. The normalized spacial score (nSPS) is 58.8. The predicted molar refractivity (Wildman–Crippen MR) is 40.2 cm³/mol. The van der Waals surface area contributed by atoms with Crippen molar-refractivity contribution in [1.82, 2.24) is 0 Å². The zero-order valence-electron chi connectivity index (χ0n) is 6.99. The number of aliphatic hydroxyl groups excluding tert-OH is 1. The molecule has 0 heterocycles. The van der Waals surface area contributed by atoms with Gasteiger partial charge in [0.1, 0.15) is 0 Å². The average Bonchev–Trinajstić information content (AvgIpc) is 2.44. The number of rotatable bonds is 1. The van der Waals surface area contributed by atoms with Crippen LogP contribution < -0.4 is 0 Å². The first-order valence-electron chi connectivity index (χ1n) is 4.48. The van der Waals surface area contributed by atoms with Crippen LogP contribution in [-0.2, 0) is 9.53 Å². The molecule has 5 atom stereocenters. The van der Waals surface area contributed by atoms with E-state index in [4.69, 9.17) is 4.74 Å². The van der Waals surface area contributed by atoms with Crippen LogP contribution in [-0.4, -0.2) is 24.3 Å². The molecule has 0 aromatic carbocycles.